The van der Waals surface area contributed by atoms with Crippen LogP contribution in [0.5, 0.6) is 0 Å². The first-order chi connectivity index (χ1) is 23.9. The van der Waals surface area contributed by atoms with Gasteiger partial charge in [-0.2, -0.15) is 18.2 Å². The van der Waals surface area contributed by atoms with Gasteiger partial charge in [0.25, 0.3) is 0 Å². The highest BCUT2D eigenvalue weighted by molar-refractivity contribution is 6.01. The molecular formula is C34H34F3N9O4. The number of amides is 2. The van der Waals surface area contributed by atoms with Gasteiger partial charge in [-0.15, -0.1) is 0 Å². The number of halogens is 3. The van der Waals surface area contributed by atoms with Crippen LogP contribution in [0.25, 0.3) is 33.8 Å². The van der Waals surface area contributed by atoms with Crippen molar-refractivity contribution in [3.8, 4) is 22.6 Å². The van der Waals surface area contributed by atoms with Gasteiger partial charge >= 0.3 is 18.0 Å². The first-order valence-electron chi connectivity index (χ1n) is 15.8. The molecule has 0 unspecified atom stereocenters. The average Bonchev–Trinajstić information content (AvgIpc) is 3.76. The lowest BCUT2D eigenvalue weighted by Crippen LogP contribution is -2.36. The minimum Gasteiger partial charge on any atom is -0.379 e. The number of pyridine rings is 2. The highest BCUT2D eigenvalue weighted by atomic mass is 19.4. The number of hydrogen-bond donors (Lipinski definition) is 3. The highest BCUT2D eigenvalue weighted by Crippen LogP contribution is 2.37. The summed E-state index contributed by atoms with van der Waals surface area (Å²) < 4.78 is 53.4. The van der Waals surface area contributed by atoms with Crippen LogP contribution >= 0.6 is 0 Å². The summed E-state index contributed by atoms with van der Waals surface area (Å²) in [6, 6.07) is 8.71. The Morgan fingerprint density at radius 2 is 1.84 bits per heavy atom. The Balaban J connectivity index is 1.23. The molecule has 0 radical (unpaired) electrons. The van der Waals surface area contributed by atoms with Gasteiger partial charge < -0.3 is 24.9 Å². The molecule has 1 fully saturated rings. The van der Waals surface area contributed by atoms with E-state index in [1.54, 1.807) is 24.3 Å². The summed E-state index contributed by atoms with van der Waals surface area (Å²) in [4.78, 5) is 48.0. The average molecular weight is 690 g/mol. The van der Waals surface area contributed by atoms with Crippen LogP contribution in [-0.4, -0.2) is 79.6 Å². The molecule has 1 saturated heterocycles. The summed E-state index contributed by atoms with van der Waals surface area (Å²) in [5.74, 6) is -0.933. The molecule has 2 amide bonds. The van der Waals surface area contributed by atoms with Gasteiger partial charge in [-0.05, 0) is 35.4 Å². The second-order valence-electron chi connectivity index (χ2n) is 12.6. The lowest BCUT2D eigenvalue weighted by Gasteiger charge is -2.25. The van der Waals surface area contributed by atoms with Gasteiger partial charge in [-0.25, -0.2) is 9.97 Å². The molecule has 16 heteroatoms. The van der Waals surface area contributed by atoms with Gasteiger partial charge in [-0.1, -0.05) is 44.1 Å². The monoisotopic (exact) mass is 689 g/mol. The molecule has 0 saturated carbocycles. The highest BCUT2D eigenvalue weighted by Gasteiger charge is 2.34. The number of hydrogen-bond acceptors (Lipinski definition) is 10. The zero-order valence-corrected chi connectivity index (χ0v) is 27.5. The summed E-state index contributed by atoms with van der Waals surface area (Å²) >= 11 is 0. The molecule has 1 aromatic carbocycles. The summed E-state index contributed by atoms with van der Waals surface area (Å²) in [6.45, 7) is 8.58. The molecule has 1 aliphatic heterocycles. The Morgan fingerprint density at radius 1 is 1.04 bits per heavy atom. The second kappa shape index (κ2) is 14.2. The maximum atomic E-state index is 14.3. The number of morpholine rings is 1. The molecule has 5 aromatic rings. The van der Waals surface area contributed by atoms with Crippen LogP contribution in [0.2, 0.25) is 0 Å². The number of aromatic nitrogens is 6. The molecule has 6 rings (SSSR count). The fourth-order valence-electron chi connectivity index (χ4n) is 5.25. The maximum absolute atomic E-state index is 14.3. The van der Waals surface area contributed by atoms with Crippen molar-refractivity contribution in [2.75, 3.05) is 38.2 Å². The van der Waals surface area contributed by atoms with Crippen molar-refractivity contribution in [1.82, 2.24) is 40.3 Å². The third-order valence-electron chi connectivity index (χ3n) is 7.87. The fraction of sp³-hybridized carbons (Fsp3) is 0.324. The Kier molecular flexibility index (Phi) is 9.74. The number of ether oxygens (including phenoxy) is 1. The Labute approximate surface area is 284 Å². The first-order valence-corrected chi connectivity index (χ1v) is 15.8. The lowest BCUT2D eigenvalue weighted by molar-refractivity contribution is -0.138. The summed E-state index contributed by atoms with van der Waals surface area (Å²) in [5, 5.41) is 9.05. The van der Waals surface area contributed by atoms with E-state index in [1.807, 2.05) is 20.8 Å². The van der Waals surface area contributed by atoms with E-state index < -0.39 is 29.6 Å². The molecule has 50 heavy (non-hydrogen) atoms. The number of alkyl halides is 3. The molecule has 0 spiro atoms. The number of benzene rings is 1. The van der Waals surface area contributed by atoms with E-state index in [2.05, 4.69) is 45.6 Å². The van der Waals surface area contributed by atoms with Crippen LogP contribution < -0.4 is 10.6 Å². The summed E-state index contributed by atoms with van der Waals surface area (Å²) in [5.41, 5.74) is 0.349. The zero-order valence-electron chi connectivity index (χ0n) is 27.5. The molecular weight excluding hydrogens is 655 g/mol. The van der Waals surface area contributed by atoms with Crippen molar-refractivity contribution in [1.29, 1.82) is 0 Å². The number of imidazole rings is 1. The predicted octanol–water partition coefficient (Wildman–Crippen LogP) is 5.14. The SMILES string of the molecule is CC(C)(C)c1noc(C(=O)NCc2ccc(-c3ccnc4[nH]c(-c5ncccc5NC(=O)/C=C/CN5CCOCC5)nc34)cc2C(F)(F)F)n1. The zero-order chi connectivity index (χ0) is 35.5. The molecule has 3 N–H and O–H groups in total. The topological polar surface area (TPSA) is 164 Å². The van der Waals surface area contributed by atoms with Crippen LogP contribution in [0, 0.1) is 0 Å². The van der Waals surface area contributed by atoms with Crippen molar-refractivity contribution in [2.24, 2.45) is 0 Å². The normalized spacial score (nSPS) is 14.4. The van der Waals surface area contributed by atoms with Crippen LogP contribution in [0.1, 0.15) is 48.4 Å². The number of fused-ring (bicyclic) bond motifs is 1. The van der Waals surface area contributed by atoms with Crippen LogP contribution in [-0.2, 0) is 27.7 Å². The quantitative estimate of drug-likeness (QED) is 0.177. The Bertz CT molecular complexity index is 2040. The largest absolute Gasteiger partial charge is 0.416 e. The number of carbonyl (C=O) groups excluding carboxylic acids is 2. The summed E-state index contributed by atoms with van der Waals surface area (Å²) in [7, 11) is 0. The van der Waals surface area contributed by atoms with E-state index in [4.69, 9.17) is 9.26 Å². The minimum absolute atomic E-state index is 0.161. The number of anilines is 1. The molecule has 0 bridgehead atoms. The van der Waals surface area contributed by atoms with Gasteiger partial charge in [0, 0.05) is 55.6 Å². The number of rotatable bonds is 9. The third kappa shape index (κ3) is 7.87. The molecule has 5 heterocycles. The molecule has 0 atom stereocenters. The number of nitrogens with zero attached hydrogens (tertiary/aromatic N) is 6. The van der Waals surface area contributed by atoms with E-state index in [0.717, 1.165) is 19.2 Å². The van der Waals surface area contributed by atoms with Crippen LogP contribution in [0.4, 0.5) is 18.9 Å². The molecule has 0 aliphatic carbocycles. The van der Waals surface area contributed by atoms with Crippen LogP contribution in [0.3, 0.4) is 0 Å². The van der Waals surface area contributed by atoms with Gasteiger partial charge in [0.15, 0.2) is 17.3 Å². The summed E-state index contributed by atoms with van der Waals surface area (Å²) in [6.07, 6.45) is 1.48. The Hall–Kier alpha value is -5.48. The molecule has 1 aliphatic rings. The van der Waals surface area contributed by atoms with Gasteiger partial charge in [0.05, 0.1) is 24.5 Å². The molecule has 4 aromatic heterocycles. The predicted molar refractivity (Wildman–Crippen MR) is 177 cm³/mol. The van der Waals surface area contributed by atoms with Crippen molar-refractivity contribution in [2.45, 2.75) is 38.9 Å². The first kappa shape index (κ1) is 34.4. The fourth-order valence-corrected chi connectivity index (χ4v) is 5.25. The maximum Gasteiger partial charge on any atom is 0.416 e. The van der Waals surface area contributed by atoms with Gasteiger partial charge in [0.1, 0.15) is 11.2 Å². The number of carbonyl (C=O) groups is 2. The van der Waals surface area contributed by atoms with Crippen LogP contribution in [0.15, 0.2) is 65.5 Å². The smallest absolute Gasteiger partial charge is 0.379 e. The third-order valence-corrected chi connectivity index (χ3v) is 7.87. The standard InChI is InChI=1S/C34H34F3N9O4/c1-33(2,3)32-44-31(50-45-32)30(48)40-19-21-9-8-20(18-23(21)34(35,36)37)22-10-12-39-28-26(22)42-29(43-28)27-24(6-4-11-38-27)41-25(47)7-5-13-46-14-16-49-17-15-46/h4-12,18H,13-17,19H2,1-3H3,(H,40,48)(H,41,47)(H,39,42,43)/b7-5+. The second-order valence-corrected chi connectivity index (χ2v) is 12.6. The van der Waals surface area contributed by atoms with E-state index in [-0.39, 0.29) is 28.7 Å². The van der Waals surface area contributed by atoms with Crippen molar-refractivity contribution in [3.63, 3.8) is 0 Å². The number of nitrogens with one attached hydrogen (secondary N) is 3. The van der Waals surface area contributed by atoms with E-state index in [0.29, 0.717) is 53.7 Å². The lowest BCUT2D eigenvalue weighted by atomic mass is 9.96. The van der Waals surface area contributed by atoms with Gasteiger partial charge in [0.2, 0.25) is 5.91 Å². The van der Waals surface area contributed by atoms with E-state index in [9.17, 15) is 22.8 Å². The van der Waals surface area contributed by atoms with Gasteiger partial charge in [-0.3, -0.25) is 19.5 Å². The molecule has 13 nitrogen and oxygen atoms in total. The number of H-pyrrole nitrogens is 1. The van der Waals surface area contributed by atoms with Crippen molar-refractivity contribution >= 4 is 28.7 Å². The van der Waals surface area contributed by atoms with Crippen molar-refractivity contribution < 1.29 is 32.0 Å². The van der Waals surface area contributed by atoms with E-state index >= 15 is 0 Å². The molecule has 260 valence electrons. The number of aromatic amines is 1. The van der Waals surface area contributed by atoms with Crippen molar-refractivity contribution in [3.05, 3.63) is 83.8 Å². The Morgan fingerprint density at radius 3 is 2.58 bits per heavy atom. The minimum atomic E-state index is -4.74. The van der Waals surface area contributed by atoms with E-state index in [1.165, 1.54) is 30.6 Å².